The lowest BCUT2D eigenvalue weighted by atomic mass is 9.81. The number of piperazine rings is 1. The number of nitrogens with zero attached hydrogens (tertiary/aromatic N) is 6. The maximum atomic E-state index is 15.3. The van der Waals surface area contributed by atoms with Gasteiger partial charge in [-0.25, -0.2) is 18.8 Å². The van der Waals surface area contributed by atoms with E-state index in [-0.39, 0.29) is 53.5 Å². The molecule has 0 unspecified atom stereocenters. The number of allylic oxidation sites excluding steroid dienone is 1. The van der Waals surface area contributed by atoms with Crippen molar-refractivity contribution in [1.29, 1.82) is 0 Å². The Bertz CT molecular complexity index is 1930. The average molecular weight is 800 g/mol. The van der Waals surface area contributed by atoms with Gasteiger partial charge in [-0.3, -0.25) is 14.4 Å². The Kier molecular flexibility index (Phi) is 9.57. The number of rotatable bonds is 6. The highest BCUT2D eigenvalue weighted by molar-refractivity contribution is 8.18. The number of fused-ring (bicyclic) bond motifs is 1. The molecule has 1 aliphatic carbocycles. The van der Waals surface area contributed by atoms with E-state index in [0.29, 0.717) is 34.8 Å². The van der Waals surface area contributed by atoms with E-state index < -0.39 is 65.1 Å². The van der Waals surface area contributed by atoms with Gasteiger partial charge in [0.05, 0.1) is 23.1 Å². The van der Waals surface area contributed by atoms with Crippen molar-refractivity contribution >= 4 is 57.9 Å². The second-order valence-corrected chi connectivity index (χ2v) is 16.6. The van der Waals surface area contributed by atoms with E-state index in [1.807, 2.05) is 25.7 Å². The van der Waals surface area contributed by atoms with Crippen LogP contribution in [0.5, 0.6) is 0 Å². The van der Waals surface area contributed by atoms with Gasteiger partial charge >= 0.3 is 12.1 Å². The van der Waals surface area contributed by atoms with Crippen molar-refractivity contribution in [2.24, 2.45) is 10.9 Å². The molecule has 1 spiro atoms. The molecule has 53 heavy (non-hydrogen) atoms. The molecule has 0 radical (unpaired) electrons. The number of aromatic nitrogens is 1. The minimum atomic E-state index is -5.06. The molecule has 284 valence electrons. The van der Waals surface area contributed by atoms with Crippen molar-refractivity contribution in [2.45, 2.75) is 94.9 Å². The lowest BCUT2D eigenvalue weighted by molar-refractivity contribution is -0.193. The molecular weight excluding hydrogens is 762 g/mol. The lowest BCUT2D eigenvalue weighted by Gasteiger charge is -2.48. The van der Waals surface area contributed by atoms with Gasteiger partial charge in [0, 0.05) is 43.0 Å². The summed E-state index contributed by atoms with van der Waals surface area (Å²) >= 11 is 13.3. The number of carbonyl (C=O) groups is 3. The van der Waals surface area contributed by atoms with Crippen LogP contribution in [0.1, 0.15) is 70.5 Å². The number of alkyl halides is 4. The molecule has 5 aliphatic rings. The third kappa shape index (κ3) is 6.37. The minimum Gasteiger partial charge on any atom is -0.334 e. The number of benzene rings is 1. The number of thioether (sulfide) groups is 1. The second-order valence-electron chi connectivity index (χ2n) is 14.8. The Labute approximate surface area is 317 Å². The normalized spacial score (nSPS) is 28.0. The predicted octanol–water partition coefficient (Wildman–Crippen LogP) is 7.25. The van der Waals surface area contributed by atoms with Gasteiger partial charge in [-0.15, -0.1) is 0 Å². The number of hydrogen-bond acceptors (Lipinski definition) is 7. The van der Waals surface area contributed by atoms with Crippen molar-refractivity contribution in [3.05, 3.63) is 74.3 Å². The zero-order chi connectivity index (χ0) is 38.4. The first-order valence-electron chi connectivity index (χ1n) is 17.4. The Morgan fingerprint density at radius 2 is 1.79 bits per heavy atom. The molecular formula is C36H37Cl2F5N6O3S. The number of halogens is 7. The molecule has 4 aliphatic heterocycles. The van der Waals surface area contributed by atoms with E-state index in [4.69, 9.17) is 28.2 Å². The maximum Gasteiger partial charge on any atom is 0.471 e. The van der Waals surface area contributed by atoms with Gasteiger partial charge in [-0.2, -0.15) is 13.2 Å². The van der Waals surface area contributed by atoms with E-state index in [1.165, 1.54) is 21.9 Å². The van der Waals surface area contributed by atoms with Gasteiger partial charge in [0.2, 0.25) is 5.91 Å². The van der Waals surface area contributed by atoms with Crippen LogP contribution in [0.4, 0.5) is 22.0 Å². The van der Waals surface area contributed by atoms with E-state index >= 15 is 8.78 Å². The fourth-order valence-electron chi connectivity index (χ4n) is 8.22. The molecule has 1 saturated carbocycles. The number of pyridine rings is 1. The Morgan fingerprint density at radius 3 is 2.38 bits per heavy atom. The first-order chi connectivity index (χ1) is 24.9. The van der Waals surface area contributed by atoms with Crippen LogP contribution in [0.15, 0.2) is 52.1 Å². The van der Waals surface area contributed by atoms with Crippen LogP contribution in [0.3, 0.4) is 0 Å². The van der Waals surface area contributed by atoms with E-state index in [0.717, 1.165) is 16.7 Å². The molecule has 9 nitrogen and oxygen atoms in total. The first-order valence-corrected chi connectivity index (χ1v) is 19.0. The SMILES string of the molecule is CC[C@@H]1CN(C(=O)C(F)(F)F)C2(CC2)CN1C(=O)[C@@H]1C[C@@H](F)CN1C(=O)C1=C(C(C)C)N2C(=N[C@@](C)(c3ccc(Cl)nc3)[C@H]2c2ccc(Cl)c(F)c2)S1. The molecule has 1 aromatic heterocycles. The number of hydrogen-bond donors (Lipinski definition) is 0. The summed E-state index contributed by atoms with van der Waals surface area (Å²) in [5.41, 5.74) is -0.412. The molecule has 3 amide bonds. The minimum absolute atomic E-state index is 0.0640. The smallest absolute Gasteiger partial charge is 0.334 e. The number of amides is 3. The third-order valence-corrected chi connectivity index (χ3v) is 12.6. The molecule has 7 rings (SSSR count). The predicted molar refractivity (Wildman–Crippen MR) is 190 cm³/mol. The molecule has 0 bridgehead atoms. The van der Waals surface area contributed by atoms with Crippen molar-refractivity contribution in [3.63, 3.8) is 0 Å². The highest BCUT2D eigenvalue weighted by Crippen LogP contribution is 2.57. The Hall–Kier alpha value is -3.43. The van der Waals surface area contributed by atoms with Gasteiger partial charge in [0.25, 0.3) is 5.91 Å². The van der Waals surface area contributed by atoms with Crippen molar-refractivity contribution in [1.82, 2.24) is 24.6 Å². The molecule has 2 aromatic rings. The Balaban J connectivity index is 1.23. The fourth-order valence-corrected chi connectivity index (χ4v) is 9.81. The lowest BCUT2D eigenvalue weighted by Crippen LogP contribution is -2.66. The van der Waals surface area contributed by atoms with Gasteiger partial charge in [-0.1, -0.05) is 56.1 Å². The fraction of sp³-hybridized carbons (Fsp3) is 0.528. The van der Waals surface area contributed by atoms with Crippen LogP contribution in [-0.2, 0) is 19.9 Å². The quantitative estimate of drug-likeness (QED) is 0.226. The summed E-state index contributed by atoms with van der Waals surface area (Å²) in [6, 6.07) is 5.26. The number of likely N-dealkylation sites (tertiary alicyclic amines) is 1. The molecule has 17 heteroatoms. The van der Waals surface area contributed by atoms with Crippen LogP contribution < -0.4 is 0 Å². The third-order valence-electron chi connectivity index (χ3n) is 11.1. The van der Waals surface area contributed by atoms with Crippen LogP contribution in [-0.4, -0.2) is 97.1 Å². The van der Waals surface area contributed by atoms with Gasteiger partial charge in [0.1, 0.15) is 33.6 Å². The zero-order valence-electron chi connectivity index (χ0n) is 29.3. The zero-order valence-corrected chi connectivity index (χ0v) is 31.6. The highest BCUT2D eigenvalue weighted by Gasteiger charge is 2.61. The molecule has 1 aromatic carbocycles. The average Bonchev–Trinajstić information content (AvgIpc) is 3.45. The molecule has 0 N–H and O–H groups in total. The van der Waals surface area contributed by atoms with Gasteiger partial charge < -0.3 is 19.6 Å². The Morgan fingerprint density at radius 1 is 1.08 bits per heavy atom. The first kappa shape index (κ1) is 37.9. The number of carbonyl (C=O) groups excluding carboxylic acids is 3. The summed E-state index contributed by atoms with van der Waals surface area (Å²) in [5.74, 6) is -4.00. The summed E-state index contributed by atoms with van der Waals surface area (Å²) in [6.45, 7) is 6.58. The number of aliphatic imine (C=N–C) groups is 1. The van der Waals surface area contributed by atoms with Gasteiger partial charge in [0.15, 0.2) is 5.17 Å². The molecule has 5 atom stereocenters. The monoisotopic (exact) mass is 798 g/mol. The van der Waals surface area contributed by atoms with Crippen molar-refractivity contribution in [2.75, 3.05) is 19.6 Å². The van der Waals surface area contributed by atoms with E-state index in [9.17, 15) is 27.6 Å². The topological polar surface area (TPSA) is 89.4 Å². The standard InChI is InChI=1S/C36H37Cl2F5N6O3S/c1-5-22-16-48(32(52)36(41,42)43)35(10-11-35)17-47(22)30(50)25-13-21(39)15-46(25)31(51)28-27(18(2)3)49-29(19-6-8-23(37)24(40)12-19)34(4,45-33(49)53-28)20-7-9-26(38)44-14-20/h6-9,12,14,18,21-22,25,29H,5,10-11,13,15-17H2,1-4H3/t21-,22-,25+,29-,34+/m1/s1. The summed E-state index contributed by atoms with van der Waals surface area (Å²) in [5, 5.41) is 0.657. The van der Waals surface area contributed by atoms with Crippen molar-refractivity contribution < 1.29 is 36.3 Å². The van der Waals surface area contributed by atoms with Crippen LogP contribution >= 0.6 is 35.0 Å². The second kappa shape index (κ2) is 13.4. The van der Waals surface area contributed by atoms with Crippen LogP contribution in [0, 0.1) is 11.7 Å². The summed E-state index contributed by atoms with van der Waals surface area (Å²) < 4.78 is 71.0. The highest BCUT2D eigenvalue weighted by atomic mass is 35.5. The summed E-state index contributed by atoms with van der Waals surface area (Å²) in [6.07, 6.45) is -4.39. The van der Waals surface area contributed by atoms with Crippen molar-refractivity contribution in [3.8, 4) is 0 Å². The summed E-state index contributed by atoms with van der Waals surface area (Å²) in [4.78, 5) is 56.4. The molecule has 2 saturated heterocycles. The van der Waals surface area contributed by atoms with Crippen LogP contribution in [0.25, 0.3) is 0 Å². The number of amidine groups is 1. The maximum absolute atomic E-state index is 15.3. The van der Waals surface area contributed by atoms with Crippen LogP contribution in [0.2, 0.25) is 10.2 Å². The summed E-state index contributed by atoms with van der Waals surface area (Å²) in [7, 11) is 0. The van der Waals surface area contributed by atoms with E-state index in [1.54, 1.807) is 31.3 Å². The van der Waals surface area contributed by atoms with E-state index in [2.05, 4.69) is 4.98 Å². The largest absolute Gasteiger partial charge is 0.471 e. The van der Waals surface area contributed by atoms with Gasteiger partial charge in [-0.05, 0) is 67.6 Å². The molecule has 3 fully saturated rings. The molecule has 5 heterocycles.